The normalized spacial score (nSPS) is 11.5. The number of aryl methyl sites for hydroxylation is 2. The third-order valence-electron chi connectivity index (χ3n) is 3.04. The molecule has 0 amide bonds. The molecular weight excluding hydrogens is 238 g/mol. The molecule has 0 fully saturated rings. The van der Waals surface area contributed by atoms with Crippen molar-refractivity contribution in [1.29, 1.82) is 0 Å². The zero-order valence-corrected chi connectivity index (χ0v) is 12.5. The van der Waals surface area contributed by atoms with Crippen molar-refractivity contribution in [2.75, 3.05) is 26.8 Å². The number of allylic oxidation sites excluding steroid dienone is 1. The summed E-state index contributed by atoms with van der Waals surface area (Å²) < 4.78 is 7.07. The Labute approximate surface area is 116 Å². The number of hydrogen-bond donors (Lipinski definition) is 1. The molecule has 0 aromatic carbocycles. The lowest BCUT2D eigenvalue weighted by molar-refractivity contribution is 0.199. The number of ether oxygens (including phenoxy) is 1. The van der Waals surface area contributed by atoms with Crippen LogP contribution in [0, 0.1) is 0 Å². The van der Waals surface area contributed by atoms with E-state index in [0.29, 0.717) is 0 Å². The number of methoxy groups -OCH3 is 1. The van der Waals surface area contributed by atoms with Gasteiger partial charge in [0.2, 0.25) is 0 Å². The van der Waals surface area contributed by atoms with Crippen LogP contribution in [0.4, 0.5) is 0 Å². The van der Waals surface area contributed by atoms with Crippen molar-refractivity contribution >= 4 is 0 Å². The molecule has 19 heavy (non-hydrogen) atoms. The van der Waals surface area contributed by atoms with Crippen molar-refractivity contribution in [3.05, 3.63) is 29.6 Å². The summed E-state index contributed by atoms with van der Waals surface area (Å²) in [7, 11) is 1.73. The van der Waals surface area contributed by atoms with Crippen LogP contribution in [0.15, 0.2) is 18.2 Å². The van der Waals surface area contributed by atoms with Gasteiger partial charge in [0.1, 0.15) is 0 Å². The van der Waals surface area contributed by atoms with Crippen molar-refractivity contribution in [1.82, 2.24) is 15.1 Å². The van der Waals surface area contributed by atoms with Gasteiger partial charge < -0.3 is 10.1 Å². The Balaban J connectivity index is 2.25. The third kappa shape index (κ3) is 6.03. The van der Waals surface area contributed by atoms with E-state index in [1.54, 1.807) is 7.11 Å². The Bertz CT molecular complexity index is 371. The van der Waals surface area contributed by atoms with Gasteiger partial charge in [-0.25, -0.2) is 0 Å². The van der Waals surface area contributed by atoms with E-state index in [9.17, 15) is 0 Å². The molecule has 0 aliphatic heterocycles. The van der Waals surface area contributed by atoms with Crippen molar-refractivity contribution < 1.29 is 4.74 Å². The predicted octanol–water partition coefficient (Wildman–Crippen LogP) is 2.19. The van der Waals surface area contributed by atoms with Crippen LogP contribution >= 0.6 is 0 Å². The van der Waals surface area contributed by atoms with Crippen LogP contribution in [0.1, 0.15) is 31.7 Å². The molecule has 1 aromatic heterocycles. The highest BCUT2D eigenvalue weighted by atomic mass is 16.5. The highest BCUT2D eigenvalue weighted by Gasteiger charge is 2.03. The second-order valence-corrected chi connectivity index (χ2v) is 4.50. The first-order chi connectivity index (χ1) is 9.31. The fourth-order valence-corrected chi connectivity index (χ4v) is 1.93. The van der Waals surface area contributed by atoms with Gasteiger partial charge in [-0.1, -0.05) is 19.1 Å². The van der Waals surface area contributed by atoms with Crippen molar-refractivity contribution in [2.45, 2.75) is 39.7 Å². The number of nitrogens with zero attached hydrogens (tertiary/aromatic N) is 2. The number of aromatic nitrogens is 2. The van der Waals surface area contributed by atoms with Gasteiger partial charge in [0.05, 0.1) is 12.3 Å². The summed E-state index contributed by atoms with van der Waals surface area (Å²) in [5.41, 5.74) is 2.49. The van der Waals surface area contributed by atoms with Crippen LogP contribution in [-0.4, -0.2) is 36.6 Å². The fraction of sp³-hybridized carbons (Fsp3) is 0.667. The van der Waals surface area contributed by atoms with Crippen molar-refractivity contribution in [2.24, 2.45) is 0 Å². The van der Waals surface area contributed by atoms with E-state index in [-0.39, 0.29) is 0 Å². The van der Waals surface area contributed by atoms with Crippen LogP contribution in [0.25, 0.3) is 0 Å². The molecule has 4 heteroatoms. The summed E-state index contributed by atoms with van der Waals surface area (Å²) in [6.07, 6.45) is 7.51. The molecule has 1 heterocycles. The molecular formula is C15H27N3O. The number of nitrogens with one attached hydrogen (secondary N) is 1. The maximum Gasteiger partial charge on any atom is 0.0624 e. The Kier molecular flexibility index (Phi) is 8.18. The molecule has 1 aromatic rings. The van der Waals surface area contributed by atoms with Gasteiger partial charge in [0.15, 0.2) is 0 Å². The van der Waals surface area contributed by atoms with Crippen LogP contribution in [0.3, 0.4) is 0 Å². The van der Waals surface area contributed by atoms with E-state index < -0.39 is 0 Å². The quantitative estimate of drug-likeness (QED) is 0.520. The molecule has 0 aliphatic rings. The Morgan fingerprint density at radius 3 is 2.84 bits per heavy atom. The monoisotopic (exact) mass is 265 g/mol. The minimum absolute atomic E-state index is 0.777. The summed E-state index contributed by atoms with van der Waals surface area (Å²) in [4.78, 5) is 0. The number of rotatable bonds is 10. The molecule has 0 saturated carbocycles. The largest absolute Gasteiger partial charge is 0.383 e. The maximum atomic E-state index is 4.98. The first-order valence-electron chi connectivity index (χ1n) is 7.22. The summed E-state index contributed by atoms with van der Waals surface area (Å²) in [6, 6.07) is 2.21. The first-order valence-corrected chi connectivity index (χ1v) is 7.22. The maximum absolute atomic E-state index is 4.98. The van der Waals surface area contributed by atoms with E-state index in [1.807, 2.05) is 0 Å². The molecule has 0 spiro atoms. The lowest BCUT2D eigenvalue weighted by Gasteiger charge is -2.02. The molecule has 0 aliphatic carbocycles. The Morgan fingerprint density at radius 1 is 1.32 bits per heavy atom. The average Bonchev–Trinajstić information content (AvgIpc) is 2.84. The fourth-order valence-electron chi connectivity index (χ4n) is 1.93. The van der Waals surface area contributed by atoms with Gasteiger partial charge in [-0.2, -0.15) is 5.10 Å². The van der Waals surface area contributed by atoms with Gasteiger partial charge in [-0.05, 0) is 32.4 Å². The van der Waals surface area contributed by atoms with E-state index in [1.165, 1.54) is 11.4 Å². The lowest BCUT2D eigenvalue weighted by atomic mass is 10.2. The molecule has 0 radical (unpaired) electrons. The number of hydrogen-bond acceptors (Lipinski definition) is 3. The molecule has 0 atom stereocenters. The lowest BCUT2D eigenvalue weighted by Crippen LogP contribution is -2.19. The minimum atomic E-state index is 0.777. The Hall–Kier alpha value is -1.13. The smallest absolute Gasteiger partial charge is 0.0624 e. The van der Waals surface area contributed by atoms with E-state index in [0.717, 1.165) is 45.5 Å². The first kappa shape index (κ1) is 15.9. The highest BCUT2D eigenvalue weighted by molar-refractivity contribution is 5.13. The SMILES string of the molecule is CCc1cc(CC=CCCNCCOC)n(CC)n1. The van der Waals surface area contributed by atoms with Crippen LogP contribution < -0.4 is 5.32 Å². The van der Waals surface area contributed by atoms with Crippen molar-refractivity contribution in [3.8, 4) is 0 Å². The zero-order valence-electron chi connectivity index (χ0n) is 12.5. The van der Waals surface area contributed by atoms with Gasteiger partial charge in [-0.15, -0.1) is 0 Å². The van der Waals surface area contributed by atoms with Crippen LogP contribution in [0.5, 0.6) is 0 Å². The van der Waals surface area contributed by atoms with E-state index >= 15 is 0 Å². The van der Waals surface area contributed by atoms with E-state index in [4.69, 9.17) is 4.74 Å². The van der Waals surface area contributed by atoms with Crippen LogP contribution in [0.2, 0.25) is 0 Å². The molecule has 1 rings (SSSR count). The summed E-state index contributed by atoms with van der Waals surface area (Å²) >= 11 is 0. The zero-order chi connectivity index (χ0) is 13.9. The highest BCUT2D eigenvalue weighted by Crippen LogP contribution is 2.07. The third-order valence-corrected chi connectivity index (χ3v) is 3.04. The summed E-state index contributed by atoms with van der Waals surface area (Å²) in [5.74, 6) is 0. The van der Waals surface area contributed by atoms with Gasteiger partial charge in [0, 0.05) is 32.3 Å². The van der Waals surface area contributed by atoms with Gasteiger partial charge in [0.25, 0.3) is 0 Å². The van der Waals surface area contributed by atoms with Crippen LogP contribution in [-0.2, 0) is 24.1 Å². The van der Waals surface area contributed by atoms with Gasteiger partial charge >= 0.3 is 0 Å². The second kappa shape index (κ2) is 9.75. The second-order valence-electron chi connectivity index (χ2n) is 4.50. The average molecular weight is 265 g/mol. The van der Waals surface area contributed by atoms with Crippen molar-refractivity contribution in [3.63, 3.8) is 0 Å². The Morgan fingerprint density at radius 2 is 2.16 bits per heavy atom. The van der Waals surface area contributed by atoms with E-state index in [2.05, 4.69) is 47.2 Å². The molecule has 0 unspecified atom stereocenters. The minimum Gasteiger partial charge on any atom is -0.383 e. The molecule has 108 valence electrons. The predicted molar refractivity (Wildman–Crippen MR) is 79.5 cm³/mol. The molecule has 0 saturated heterocycles. The standard InChI is InChI=1S/C15H27N3O/c1-4-14-13-15(18(5-2)17-14)9-7-6-8-10-16-11-12-19-3/h6-7,13,16H,4-5,8-12H2,1-3H3. The van der Waals surface area contributed by atoms with Gasteiger partial charge in [-0.3, -0.25) is 4.68 Å². The summed E-state index contributed by atoms with van der Waals surface area (Å²) in [5, 5.41) is 7.88. The summed E-state index contributed by atoms with van der Waals surface area (Å²) in [6.45, 7) is 7.94. The topological polar surface area (TPSA) is 39.1 Å². The molecule has 4 nitrogen and oxygen atoms in total. The molecule has 1 N–H and O–H groups in total. The molecule has 0 bridgehead atoms.